The van der Waals surface area contributed by atoms with Gasteiger partial charge in [-0.1, -0.05) is 0 Å². The molecule has 0 fully saturated rings. The van der Waals surface area contributed by atoms with Crippen molar-refractivity contribution in [3.8, 4) is 5.69 Å². The smallest absolute Gasteiger partial charge is 0.435 e. The largest absolute Gasteiger partial charge is 0.461 e. The highest BCUT2D eigenvalue weighted by atomic mass is 19.4. The molecule has 0 aliphatic heterocycles. The molecule has 0 saturated heterocycles. The van der Waals surface area contributed by atoms with E-state index in [2.05, 4.69) is 9.84 Å². The summed E-state index contributed by atoms with van der Waals surface area (Å²) >= 11 is 0. The number of rotatable bonds is 3. The molecule has 2 rings (SSSR count). The molecule has 9 heteroatoms. The number of carbonyl (C=O) groups excluding carboxylic acids is 1. The highest BCUT2D eigenvalue weighted by Gasteiger charge is 2.36. The van der Waals surface area contributed by atoms with Crippen LogP contribution in [-0.4, -0.2) is 22.4 Å². The Bertz CT molecular complexity index is 709. The van der Waals surface area contributed by atoms with Gasteiger partial charge < -0.3 is 4.74 Å². The van der Waals surface area contributed by atoms with Crippen LogP contribution >= 0.6 is 0 Å². The molecule has 118 valence electrons. The van der Waals surface area contributed by atoms with Crippen LogP contribution in [0.15, 0.2) is 24.3 Å². The van der Waals surface area contributed by atoms with E-state index >= 15 is 0 Å². The molecule has 1 aromatic carbocycles. The first-order chi connectivity index (χ1) is 10.2. The normalized spacial score (nSPS) is 11.5. The molecular formula is C13H9F5N2O2. The maximum Gasteiger partial charge on any atom is 0.435 e. The number of benzene rings is 1. The van der Waals surface area contributed by atoms with Gasteiger partial charge in [-0.25, -0.2) is 18.3 Å². The van der Waals surface area contributed by atoms with E-state index in [0.29, 0.717) is 22.9 Å². The highest BCUT2D eigenvalue weighted by Crippen LogP contribution is 2.30. The summed E-state index contributed by atoms with van der Waals surface area (Å²) in [5, 5.41) is 3.23. The average molecular weight is 320 g/mol. The Kier molecular flexibility index (Phi) is 4.16. The third-order valence-electron chi connectivity index (χ3n) is 2.63. The van der Waals surface area contributed by atoms with E-state index in [0.717, 1.165) is 6.07 Å². The molecule has 0 spiro atoms. The Morgan fingerprint density at radius 2 is 1.91 bits per heavy atom. The molecule has 0 N–H and O–H groups in total. The summed E-state index contributed by atoms with van der Waals surface area (Å²) in [6.07, 6.45) is -4.80. The van der Waals surface area contributed by atoms with Crippen molar-refractivity contribution < 1.29 is 31.5 Å². The first-order valence-corrected chi connectivity index (χ1v) is 6.04. The Labute approximate surface area is 121 Å². The Morgan fingerprint density at radius 3 is 2.45 bits per heavy atom. The third kappa shape index (κ3) is 3.07. The van der Waals surface area contributed by atoms with Crippen molar-refractivity contribution in [2.24, 2.45) is 0 Å². The number of esters is 1. The van der Waals surface area contributed by atoms with E-state index in [9.17, 15) is 26.7 Å². The number of hydrogen-bond acceptors (Lipinski definition) is 3. The fourth-order valence-corrected chi connectivity index (χ4v) is 1.68. The minimum atomic E-state index is -4.80. The Balaban J connectivity index is 2.59. The first kappa shape index (κ1) is 15.9. The molecule has 22 heavy (non-hydrogen) atoms. The van der Waals surface area contributed by atoms with Gasteiger partial charge >= 0.3 is 12.1 Å². The van der Waals surface area contributed by atoms with Gasteiger partial charge in [0.25, 0.3) is 0 Å². The highest BCUT2D eigenvalue weighted by molar-refractivity contribution is 5.88. The topological polar surface area (TPSA) is 44.1 Å². The van der Waals surface area contributed by atoms with E-state index in [1.54, 1.807) is 0 Å². The molecule has 0 unspecified atom stereocenters. The first-order valence-electron chi connectivity index (χ1n) is 6.04. The van der Waals surface area contributed by atoms with Crippen LogP contribution in [0.4, 0.5) is 22.0 Å². The lowest BCUT2D eigenvalue weighted by atomic mass is 10.3. The van der Waals surface area contributed by atoms with Crippen molar-refractivity contribution in [1.29, 1.82) is 0 Å². The molecule has 0 radical (unpaired) electrons. The Hall–Kier alpha value is -2.45. The van der Waals surface area contributed by atoms with Crippen LogP contribution in [0.3, 0.4) is 0 Å². The number of carbonyl (C=O) groups is 1. The van der Waals surface area contributed by atoms with Crippen molar-refractivity contribution in [3.05, 3.63) is 47.3 Å². The molecule has 0 bridgehead atoms. The molecule has 0 aliphatic rings. The quantitative estimate of drug-likeness (QED) is 0.643. The lowest BCUT2D eigenvalue weighted by Gasteiger charge is -2.07. The van der Waals surface area contributed by atoms with Crippen LogP contribution in [0.2, 0.25) is 0 Å². The van der Waals surface area contributed by atoms with Gasteiger partial charge in [0.15, 0.2) is 23.0 Å². The third-order valence-corrected chi connectivity index (χ3v) is 2.63. The zero-order valence-electron chi connectivity index (χ0n) is 11.1. The Morgan fingerprint density at radius 1 is 1.23 bits per heavy atom. The molecule has 2 aromatic rings. The zero-order valence-corrected chi connectivity index (χ0v) is 11.1. The van der Waals surface area contributed by atoms with Gasteiger partial charge in [0.1, 0.15) is 0 Å². The van der Waals surface area contributed by atoms with Crippen molar-refractivity contribution in [2.75, 3.05) is 6.61 Å². The molecule has 1 heterocycles. The van der Waals surface area contributed by atoms with Gasteiger partial charge in [-0.15, -0.1) is 0 Å². The number of ether oxygens (including phenoxy) is 1. The molecule has 1 aromatic heterocycles. The van der Waals surface area contributed by atoms with Crippen molar-refractivity contribution >= 4 is 5.97 Å². The van der Waals surface area contributed by atoms with Gasteiger partial charge in [0.2, 0.25) is 0 Å². The van der Waals surface area contributed by atoms with E-state index in [1.165, 1.54) is 6.92 Å². The number of nitrogens with zero attached hydrogens (tertiary/aromatic N) is 2. The van der Waals surface area contributed by atoms with E-state index in [4.69, 9.17) is 0 Å². The summed E-state index contributed by atoms with van der Waals surface area (Å²) in [5.41, 5.74) is -2.13. The van der Waals surface area contributed by atoms with Crippen LogP contribution in [0.5, 0.6) is 0 Å². The van der Waals surface area contributed by atoms with Gasteiger partial charge in [0.05, 0.1) is 12.3 Å². The fourth-order valence-electron chi connectivity index (χ4n) is 1.68. The van der Waals surface area contributed by atoms with Gasteiger partial charge in [0, 0.05) is 12.1 Å². The summed E-state index contributed by atoms with van der Waals surface area (Å²) in [4.78, 5) is 11.7. The summed E-state index contributed by atoms with van der Waals surface area (Å²) in [7, 11) is 0. The second-order valence-corrected chi connectivity index (χ2v) is 4.14. The van der Waals surface area contributed by atoms with Crippen LogP contribution in [-0.2, 0) is 10.9 Å². The van der Waals surface area contributed by atoms with Crippen molar-refractivity contribution in [3.63, 3.8) is 0 Å². The van der Waals surface area contributed by atoms with Crippen LogP contribution < -0.4 is 0 Å². The van der Waals surface area contributed by atoms with Crippen LogP contribution in [0.1, 0.15) is 23.1 Å². The fraction of sp³-hybridized carbons (Fsp3) is 0.231. The van der Waals surface area contributed by atoms with Crippen LogP contribution in [0.25, 0.3) is 5.69 Å². The predicted molar refractivity (Wildman–Crippen MR) is 64.4 cm³/mol. The predicted octanol–water partition coefficient (Wildman–Crippen LogP) is 3.35. The van der Waals surface area contributed by atoms with E-state index < -0.39 is 35.2 Å². The van der Waals surface area contributed by atoms with E-state index in [1.807, 2.05) is 0 Å². The molecule has 0 atom stereocenters. The van der Waals surface area contributed by atoms with Crippen molar-refractivity contribution in [2.45, 2.75) is 13.1 Å². The number of alkyl halides is 3. The van der Waals surface area contributed by atoms with Crippen molar-refractivity contribution in [1.82, 2.24) is 9.78 Å². The summed E-state index contributed by atoms with van der Waals surface area (Å²) in [5.74, 6) is -3.52. The monoisotopic (exact) mass is 320 g/mol. The SMILES string of the molecule is CCOC(=O)c1cc(C(F)(F)F)nn1-c1ccc(F)c(F)c1. The summed E-state index contributed by atoms with van der Waals surface area (Å²) < 4.78 is 69.5. The molecule has 4 nitrogen and oxygen atoms in total. The lowest BCUT2D eigenvalue weighted by Crippen LogP contribution is -2.12. The van der Waals surface area contributed by atoms with Gasteiger partial charge in [-0.05, 0) is 19.1 Å². The zero-order chi connectivity index (χ0) is 16.5. The summed E-state index contributed by atoms with van der Waals surface area (Å²) in [6, 6.07) is 2.83. The molecule has 0 aliphatic carbocycles. The van der Waals surface area contributed by atoms with E-state index in [-0.39, 0.29) is 12.3 Å². The van der Waals surface area contributed by atoms with Gasteiger partial charge in [-0.2, -0.15) is 18.3 Å². The lowest BCUT2D eigenvalue weighted by molar-refractivity contribution is -0.141. The standard InChI is InChI=1S/C13H9F5N2O2/c1-2-22-12(21)10-6-11(13(16,17)18)19-20(10)7-3-4-8(14)9(15)5-7/h3-6H,2H2,1H3. The second kappa shape index (κ2) is 5.74. The number of aromatic nitrogens is 2. The minimum Gasteiger partial charge on any atom is -0.461 e. The number of halogens is 5. The minimum absolute atomic E-state index is 0.0663. The molecule has 0 amide bonds. The number of hydrogen-bond donors (Lipinski definition) is 0. The maximum atomic E-state index is 13.2. The van der Waals surface area contributed by atoms with Crippen LogP contribution in [0, 0.1) is 11.6 Å². The maximum absolute atomic E-state index is 13.2. The molecule has 0 saturated carbocycles. The molecular weight excluding hydrogens is 311 g/mol. The average Bonchev–Trinajstić information content (AvgIpc) is 2.87. The summed E-state index contributed by atoms with van der Waals surface area (Å²) in [6.45, 7) is 1.41. The van der Waals surface area contributed by atoms with Gasteiger partial charge in [-0.3, -0.25) is 0 Å². The second-order valence-electron chi connectivity index (χ2n) is 4.14.